The summed E-state index contributed by atoms with van der Waals surface area (Å²) in [5.41, 5.74) is 2.21. The van der Waals surface area contributed by atoms with Crippen molar-refractivity contribution in [2.24, 2.45) is 0 Å². The minimum Gasteiger partial charge on any atom is -0.361 e. The highest BCUT2D eigenvalue weighted by molar-refractivity contribution is 5.97. The van der Waals surface area contributed by atoms with Crippen molar-refractivity contribution >= 4 is 16.8 Å². The molecule has 2 N–H and O–H groups in total. The molecule has 0 atom stereocenters. The largest absolute Gasteiger partial charge is 0.361 e. The minimum atomic E-state index is -0.502. The molecule has 136 valence electrons. The van der Waals surface area contributed by atoms with Crippen molar-refractivity contribution in [3.8, 4) is 5.69 Å². The summed E-state index contributed by atoms with van der Waals surface area (Å²) in [4.78, 5) is 15.6. The number of nitrogens with one attached hydrogen (secondary N) is 2. The van der Waals surface area contributed by atoms with E-state index in [1.165, 1.54) is 41.3 Å². The molecule has 0 saturated carbocycles. The number of carbonyl (C=O) groups is 1. The van der Waals surface area contributed by atoms with Crippen molar-refractivity contribution in [1.29, 1.82) is 0 Å². The van der Waals surface area contributed by atoms with Gasteiger partial charge in [0.25, 0.3) is 5.91 Å². The van der Waals surface area contributed by atoms with Crippen LogP contribution in [0.15, 0.2) is 48.9 Å². The molecule has 4 aromatic rings. The van der Waals surface area contributed by atoms with E-state index in [9.17, 15) is 13.6 Å². The third kappa shape index (κ3) is 3.39. The number of fused-ring (bicyclic) bond motifs is 1. The number of benzene rings is 2. The van der Waals surface area contributed by atoms with Gasteiger partial charge < -0.3 is 10.3 Å². The van der Waals surface area contributed by atoms with E-state index in [1.807, 2.05) is 0 Å². The van der Waals surface area contributed by atoms with Crippen LogP contribution in [0, 0.1) is 11.6 Å². The molecule has 0 radical (unpaired) electrons. The molecular formula is C18H14F2N6O. The van der Waals surface area contributed by atoms with Gasteiger partial charge in [-0.1, -0.05) is 0 Å². The molecule has 27 heavy (non-hydrogen) atoms. The summed E-state index contributed by atoms with van der Waals surface area (Å²) in [6, 6.07) is 8.28. The summed E-state index contributed by atoms with van der Waals surface area (Å²) in [6.07, 6.45) is 3.59. The Kier molecular flexibility index (Phi) is 4.33. The average molecular weight is 368 g/mol. The fourth-order valence-corrected chi connectivity index (χ4v) is 2.92. The summed E-state index contributed by atoms with van der Waals surface area (Å²) in [7, 11) is 0. The van der Waals surface area contributed by atoms with Crippen molar-refractivity contribution in [3.05, 3.63) is 71.7 Å². The number of aromatic amines is 1. The van der Waals surface area contributed by atoms with Gasteiger partial charge in [-0.05, 0) is 52.7 Å². The average Bonchev–Trinajstić information content (AvgIpc) is 3.32. The molecular weight excluding hydrogens is 354 g/mol. The molecule has 0 saturated heterocycles. The van der Waals surface area contributed by atoms with E-state index in [2.05, 4.69) is 25.8 Å². The van der Waals surface area contributed by atoms with Gasteiger partial charge in [0.15, 0.2) is 0 Å². The first-order chi connectivity index (χ1) is 13.1. The maximum Gasteiger partial charge on any atom is 0.253 e. The Morgan fingerprint density at radius 2 is 1.96 bits per heavy atom. The number of halogens is 2. The molecule has 0 fully saturated rings. The topological polar surface area (TPSA) is 88.5 Å². The number of hydrogen-bond donors (Lipinski definition) is 2. The van der Waals surface area contributed by atoms with E-state index in [1.54, 1.807) is 12.3 Å². The maximum absolute atomic E-state index is 13.6. The lowest BCUT2D eigenvalue weighted by atomic mass is 10.1. The van der Waals surface area contributed by atoms with E-state index in [4.69, 9.17) is 0 Å². The minimum absolute atomic E-state index is 0.242. The monoisotopic (exact) mass is 368 g/mol. The van der Waals surface area contributed by atoms with Gasteiger partial charge in [-0.3, -0.25) is 4.79 Å². The van der Waals surface area contributed by atoms with Gasteiger partial charge in [0, 0.05) is 29.7 Å². The normalized spacial score (nSPS) is 11.0. The number of aromatic nitrogens is 5. The van der Waals surface area contributed by atoms with Crippen LogP contribution in [0.2, 0.25) is 0 Å². The Balaban J connectivity index is 1.49. The zero-order chi connectivity index (χ0) is 18.8. The highest BCUT2D eigenvalue weighted by Crippen LogP contribution is 2.20. The van der Waals surface area contributed by atoms with Gasteiger partial charge in [0.2, 0.25) is 0 Å². The molecule has 0 aliphatic heterocycles. The first kappa shape index (κ1) is 16.8. The van der Waals surface area contributed by atoms with E-state index in [0.717, 1.165) is 16.5 Å². The predicted octanol–water partition coefficient (Wildman–Crippen LogP) is 2.39. The molecule has 0 aliphatic carbocycles. The number of rotatable bonds is 5. The highest BCUT2D eigenvalue weighted by atomic mass is 19.1. The molecule has 0 aliphatic rings. The van der Waals surface area contributed by atoms with Crippen molar-refractivity contribution in [2.75, 3.05) is 6.54 Å². The van der Waals surface area contributed by atoms with Gasteiger partial charge in [0.05, 0.1) is 11.3 Å². The number of hydrogen-bond acceptors (Lipinski definition) is 4. The van der Waals surface area contributed by atoms with Crippen LogP contribution in [-0.2, 0) is 6.42 Å². The summed E-state index contributed by atoms with van der Waals surface area (Å²) in [5.74, 6) is -1.20. The van der Waals surface area contributed by atoms with Crippen LogP contribution in [0.25, 0.3) is 16.6 Å². The SMILES string of the molecule is O=C(NCCc1c[nH]c2ccc(F)cc12)c1ccc(F)cc1-n1cnnn1. The first-order valence-electron chi connectivity index (χ1n) is 8.18. The molecule has 0 spiro atoms. The quantitative estimate of drug-likeness (QED) is 0.566. The van der Waals surface area contributed by atoms with Crippen LogP contribution in [0.5, 0.6) is 0 Å². The molecule has 4 rings (SSSR count). The lowest BCUT2D eigenvalue weighted by molar-refractivity contribution is 0.0954. The zero-order valence-electron chi connectivity index (χ0n) is 14.0. The van der Waals surface area contributed by atoms with Crippen LogP contribution in [0.1, 0.15) is 15.9 Å². The molecule has 0 bridgehead atoms. The highest BCUT2D eigenvalue weighted by Gasteiger charge is 2.15. The number of carbonyl (C=O) groups excluding carboxylic acids is 1. The van der Waals surface area contributed by atoms with Gasteiger partial charge >= 0.3 is 0 Å². The zero-order valence-corrected chi connectivity index (χ0v) is 14.0. The smallest absolute Gasteiger partial charge is 0.253 e. The fourth-order valence-electron chi connectivity index (χ4n) is 2.92. The van der Waals surface area contributed by atoms with Crippen LogP contribution in [0.4, 0.5) is 8.78 Å². The molecule has 1 amide bonds. The van der Waals surface area contributed by atoms with Crippen molar-refractivity contribution < 1.29 is 13.6 Å². The molecule has 7 nitrogen and oxygen atoms in total. The van der Waals surface area contributed by atoms with Crippen molar-refractivity contribution in [2.45, 2.75) is 6.42 Å². The summed E-state index contributed by atoms with van der Waals surface area (Å²) >= 11 is 0. The molecule has 9 heteroatoms. The molecule has 0 unspecified atom stereocenters. The summed E-state index contributed by atoms with van der Waals surface area (Å²) < 4.78 is 28.2. The number of H-pyrrole nitrogens is 1. The van der Waals surface area contributed by atoms with Gasteiger partial charge in [0.1, 0.15) is 18.0 Å². The Hall–Kier alpha value is -3.62. The van der Waals surface area contributed by atoms with Crippen LogP contribution >= 0.6 is 0 Å². The lowest BCUT2D eigenvalue weighted by Crippen LogP contribution is -2.27. The van der Waals surface area contributed by atoms with E-state index in [0.29, 0.717) is 13.0 Å². The Morgan fingerprint density at radius 1 is 1.15 bits per heavy atom. The lowest BCUT2D eigenvalue weighted by Gasteiger charge is -2.09. The van der Waals surface area contributed by atoms with E-state index in [-0.39, 0.29) is 23.0 Å². The predicted molar refractivity (Wildman–Crippen MR) is 93.4 cm³/mol. The number of tetrazole rings is 1. The second-order valence-electron chi connectivity index (χ2n) is 5.93. The second-order valence-corrected chi connectivity index (χ2v) is 5.93. The summed E-state index contributed by atoms with van der Waals surface area (Å²) in [5, 5.41) is 14.3. The Labute approximate surface area is 152 Å². The third-order valence-electron chi connectivity index (χ3n) is 4.21. The summed E-state index contributed by atoms with van der Waals surface area (Å²) in [6.45, 7) is 0.328. The number of nitrogens with zero attached hydrogens (tertiary/aromatic N) is 4. The van der Waals surface area contributed by atoms with Gasteiger partial charge in [-0.25, -0.2) is 8.78 Å². The van der Waals surface area contributed by atoms with E-state index >= 15 is 0 Å². The van der Waals surface area contributed by atoms with E-state index < -0.39 is 5.82 Å². The molecule has 2 aromatic heterocycles. The maximum atomic E-state index is 13.6. The second kappa shape index (κ2) is 6.94. The van der Waals surface area contributed by atoms with Gasteiger partial charge in [-0.15, -0.1) is 5.10 Å². The number of amides is 1. The third-order valence-corrected chi connectivity index (χ3v) is 4.21. The van der Waals surface area contributed by atoms with Crippen molar-refractivity contribution in [1.82, 2.24) is 30.5 Å². The van der Waals surface area contributed by atoms with Crippen molar-refractivity contribution in [3.63, 3.8) is 0 Å². The fraction of sp³-hybridized carbons (Fsp3) is 0.111. The Bertz CT molecular complexity index is 1110. The first-order valence-corrected chi connectivity index (χ1v) is 8.18. The molecule has 2 aromatic carbocycles. The Morgan fingerprint density at radius 3 is 2.78 bits per heavy atom. The van der Waals surface area contributed by atoms with Gasteiger partial charge in [-0.2, -0.15) is 4.68 Å². The van der Waals surface area contributed by atoms with Crippen LogP contribution < -0.4 is 5.32 Å². The van der Waals surface area contributed by atoms with Crippen LogP contribution in [0.3, 0.4) is 0 Å². The molecule has 2 heterocycles. The van der Waals surface area contributed by atoms with Crippen LogP contribution in [-0.4, -0.2) is 37.6 Å². The standard InChI is InChI=1S/C18H14F2N6O/c19-12-2-4-16-15(7-12)11(9-22-16)5-6-21-18(27)14-3-1-13(20)8-17(14)26-10-23-24-25-26/h1-4,7-10,22H,5-6H2,(H,21,27).